The number of hydrogen-bond acceptors (Lipinski definition) is 1. The average Bonchev–Trinajstić information content (AvgIpc) is 2.39. The van der Waals surface area contributed by atoms with Crippen LogP contribution in [0.1, 0.15) is 38.8 Å². The first kappa shape index (κ1) is 21.4. The molecule has 0 saturated carbocycles. The zero-order valence-corrected chi connectivity index (χ0v) is 15.6. The number of rotatable bonds is 5. The molecule has 0 aliphatic rings. The van der Waals surface area contributed by atoms with Gasteiger partial charge in [0.1, 0.15) is 5.82 Å². The Morgan fingerprint density at radius 2 is 2.00 bits per heavy atom. The molecule has 0 aliphatic carbocycles. The quantitative estimate of drug-likeness (QED) is 0.658. The largest absolute Gasteiger partial charge is 0.298 e. The Morgan fingerprint density at radius 3 is 2.57 bits per heavy atom. The zero-order chi connectivity index (χ0) is 16.8. The minimum Gasteiger partial charge on any atom is -0.298 e. The second kappa shape index (κ2) is 9.55. The fraction of sp³-hybridized carbons (Fsp3) is 0.400. The van der Waals surface area contributed by atoms with Crippen LogP contribution in [0.2, 0.25) is 0 Å². The normalized spacial score (nSPS) is 11.1. The third-order valence-electron chi connectivity index (χ3n) is 3.01. The van der Waals surface area contributed by atoms with E-state index in [4.69, 9.17) is 0 Å². The molecule has 0 radical (unpaired) electrons. The first-order chi connectivity index (χ1) is 10.2. The molecule has 0 amide bonds. The van der Waals surface area contributed by atoms with Crippen molar-refractivity contribution in [3.8, 4) is 11.8 Å². The third-order valence-corrected chi connectivity index (χ3v) is 3.01. The van der Waals surface area contributed by atoms with Gasteiger partial charge in [-0.05, 0) is 64.1 Å². The lowest BCUT2D eigenvalue weighted by Gasteiger charge is -2.15. The molecule has 0 bridgehead atoms. The number of allylic oxidation sites excluding steroid dienone is 2. The molecular weight excluding hydrogens is 309 g/mol. The number of likely N-dealkylation sites (N-methyl/N-ethyl adjacent to an activating group) is 1. The van der Waals surface area contributed by atoms with Gasteiger partial charge in [0.15, 0.2) is 0 Å². The molecule has 126 valence electrons. The third kappa shape index (κ3) is 8.59. The summed E-state index contributed by atoms with van der Waals surface area (Å²) in [5.41, 5.74) is 2.46. The Balaban J connectivity index is 0.00000484. The van der Waals surface area contributed by atoms with E-state index in [1.807, 2.05) is 38.3 Å². The highest BCUT2D eigenvalue weighted by atomic mass is 35.5. The van der Waals surface area contributed by atoms with Crippen LogP contribution in [0, 0.1) is 23.1 Å². The van der Waals surface area contributed by atoms with Crippen molar-refractivity contribution in [1.82, 2.24) is 4.90 Å². The summed E-state index contributed by atoms with van der Waals surface area (Å²) < 4.78 is 13.6. The molecule has 0 aliphatic heterocycles. The van der Waals surface area contributed by atoms with Crippen molar-refractivity contribution in [3.63, 3.8) is 0 Å². The molecule has 23 heavy (non-hydrogen) atoms. The minimum atomic E-state index is -0.212. The molecule has 0 unspecified atom stereocenters. The van der Waals surface area contributed by atoms with E-state index in [1.54, 1.807) is 0 Å². The SMILES string of the molecule is C=C(C)c1cc(CN(C)CC=CC#CC(C)(C)C)ccc1F.Cl. The van der Waals surface area contributed by atoms with Gasteiger partial charge in [0.05, 0.1) is 0 Å². The molecule has 0 atom stereocenters. The van der Waals surface area contributed by atoms with Crippen molar-refractivity contribution in [1.29, 1.82) is 0 Å². The van der Waals surface area contributed by atoms with Gasteiger partial charge in [-0.3, -0.25) is 4.90 Å². The van der Waals surface area contributed by atoms with E-state index in [2.05, 4.69) is 44.1 Å². The fourth-order valence-corrected chi connectivity index (χ4v) is 1.92. The maximum absolute atomic E-state index is 13.6. The summed E-state index contributed by atoms with van der Waals surface area (Å²) in [4.78, 5) is 2.16. The Kier molecular flexibility index (Phi) is 8.90. The monoisotopic (exact) mass is 335 g/mol. The summed E-state index contributed by atoms with van der Waals surface area (Å²) in [6.07, 6.45) is 3.94. The van der Waals surface area contributed by atoms with E-state index in [0.29, 0.717) is 5.56 Å². The molecule has 0 spiro atoms. The van der Waals surface area contributed by atoms with E-state index in [1.165, 1.54) is 6.07 Å². The van der Waals surface area contributed by atoms with Gasteiger partial charge in [0, 0.05) is 24.1 Å². The maximum Gasteiger partial charge on any atom is 0.130 e. The van der Waals surface area contributed by atoms with Gasteiger partial charge in [0.25, 0.3) is 0 Å². The van der Waals surface area contributed by atoms with E-state index in [0.717, 1.165) is 24.2 Å². The van der Waals surface area contributed by atoms with Crippen molar-refractivity contribution in [2.24, 2.45) is 5.41 Å². The molecular formula is C20H27ClFN. The van der Waals surface area contributed by atoms with Crippen LogP contribution in [0.3, 0.4) is 0 Å². The van der Waals surface area contributed by atoms with Crippen LogP contribution < -0.4 is 0 Å². The van der Waals surface area contributed by atoms with Gasteiger partial charge in [-0.15, -0.1) is 12.4 Å². The topological polar surface area (TPSA) is 3.24 Å². The molecule has 0 aromatic heterocycles. The standard InChI is InChI=1S/C20H26FN.ClH/c1-16(2)18-14-17(10-11-19(18)21)15-22(6)13-9-7-8-12-20(3,4)5;/h7,9-11,14H,1,13,15H2,2-6H3;1H. The van der Waals surface area contributed by atoms with Crippen LogP contribution in [-0.4, -0.2) is 18.5 Å². The maximum atomic E-state index is 13.6. The van der Waals surface area contributed by atoms with Crippen LogP contribution in [0.25, 0.3) is 5.57 Å². The summed E-state index contributed by atoms with van der Waals surface area (Å²) in [6, 6.07) is 5.20. The predicted octanol–water partition coefficient (Wildman–Crippen LogP) is 5.32. The van der Waals surface area contributed by atoms with Gasteiger partial charge < -0.3 is 0 Å². The molecule has 0 N–H and O–H groups in total. The summed E-state index contributed by atoms with van der Waals surface area (Å²) in [5.74, 6) is 6.01. The van der Waals surface area contributed by atoms with E-state index < -0.39 is 0 Å². The highest BCUT2D eigenvalue weighted by molar-refractivity contribution is 5.85. The summed E-state index contributed by atoms with van der Waals surface area (Å²) in [6.45, 7) is 13.5. The minimum absolute atomic E-state index is 0. The Morgan fingerprint density at radius 1 is 1.35 bits per heavy atom. The van der Waals surface area contributed by atoms with Crippen LogP contribution in [0.4, 0.5) is 4.39 Å². The van der Waals surface area contributed by atoms with Gasteiger partial charge in [-0.25, -0.2) is 4.39 Å². The molecule has 0 heterocycles. The number of hydrogen-bond donors (Lipinski definition) is 0. The Labute approximate surface area is 146 Å². The highest BCUT2D eigenvalue weighted by Gasteiger charge is 2.06. The second-order valence-electron chi connectivity index (χ2n) is 6.71. The van der Waals surface area contributed by atoms with E-state index in [-0.39, 0.29) is 23.6 Å². The molecule has 1 aromatic carbocycles. The van der Waals surface area contributed by atoms with Gasteiger partial charge in [-0.1, -0.05) is 30.6 Å². The molecule has 1 rings (SSSR count). The van der Waals surface area contributed by atoms with Crippen LogP contribution >= 0.6 is 12.4 Å². The van der Waals surface area contributed by atoms with Crippen molar-refractivity contribution < 1.29 is 4.39 Å². The lowest BCUT2D eigenvalue weighted by atomic mass is 9.98. The first-order valence-corrected chi connectivity index (χ1v) is 7.49. The number of halogens is 2. The lowest BCUT2D eigenvalue weighted by molar-refractivity contribution is 0.363. The van der Waals surface area contributed by atoms with Crippen molar-refractivity contribution in [2.45, 2.75) is 34.2 Å². The van der Waals surface area contributed by atoms with Gasteiger partial charge in [0.2, 0.25) is 0 Å². The second-order valence-corrected chi connectivity index (χ2v) is 6.71. The van der Waals surface area contributed by atoms with E-state index >= 15 is 0 Å². The van der Waals surface area contributed by atoms with Crippen LogP contribution in [0.15, 0.2) is 36.9 Å². The predicted molar refractivity (Wildman–Crippen MR) is 101 cm³/mol. The summed E-state index contributed by atoms with van der Waals surface area (Å²) in [7, 11) is 2.03. The highest BCUT2D eigenvalue weighted by Crippen LogP contribution is 2.18. The smallest absolute Gasteiger partial charge is 0.130 e. The zero-order valence-electron chi connectivity index (χ0n) is 14.7. The molecule has 1 nitrogen and oxygen atoms in total. The van der Waals surface area contributed by atoms with Crippen molar-refractivity contribution >= 4 is 18.0 Å². The average molecular weight is 336 g/mol. The number of benzene rings is 1. The molecule has 0 fully saturated rings. The Hall–Kier alpha value is -1.56. The molecule has 3 heteroatoms. The van der Waals surface area contributed by atoms with Crippen molar-refractivity contribution in [2.75, 3.05) is 13.6 Å². The summed E-state index contributed by atoms with van der Waals surface area (Å²) >= 11 is 0. The van der Waals surface area contributed by atoms with Gasteiger partial charge >= 0.3 is 0 Å². The number of nitrogens with zero attached hydrogens (tertiary/aromatic N) is 1. The van der Waals surface area contributed by atoms with Crippen LogP contribution in [0.5, 0.6) is 0 Å². The Bertz CT molecular complexity index is 615. The van der Waals surface area contributed by atoms with Gasteiger partial charge in [-0.2, -0.15) is 0 Å². The van der Waals surface area contributed by atoms with Crippen LogP contribution in [-0.2, 0) is 6.54 Å². The summed E-state index contributed by atoms with van der Waals surface area (Å²) in [5, 5.41) is 0. The first-order valence-electron chi connectivity index (χ1n) is 7.49. The molecule has 0 saturated heterocycles. The lowest BCUT2D eigenvalue weighted by Crippen LogP contribution is -2.17. The fourth-order valence-electron chi connectivity index (χ4n) is 1.92. The van der Waals surface area contributed by atoms with E-state index in [9.17, 15) is 4.39 Å². The van der Waals surface area contributed by atoms with Crippen molar-refractivity contribution in [3.05, 3.63) is 53.9 Å². The molecule has 1 aromatic rings.